The molecule has 1 amide bonds. The predicted molar refractivity (Wildman–Crippen MR) is 82.3 cm³/mol. The SMILES string of the molecule is C[C@@H]1CC[C@H](C)N1C(=O)[C@H]1C[C@H]1c1ccc(Cl)c(Cl)c1. The monoisotopic (exact) mass is 311 g/mol. The van der Waals surface area contributed by atoms with E-state index in [9.17, 15) is 4.79 Å². The summed E-state index contributed by atoms with van der Waals surface area (Å²) in [4.78, 5) is 14.7. The lowest BCUT2D eigenvalue weighted by molar-refractivity contribution is -0.134. The Hall–Kier alpha value is -0.730. The summed E-state index contributed by atoms with van der Waals surface area (Å²) in [6.07, 6.45) is 3.18. The van der Waals surface area contributed by atoms with Gasteiger partial charge in [0.15, 0.2) is 0 Å². The second-order valence-electron chi connectivity index (χ2n) is 6.14. The van der Waals surface area contributed by atoms with E-state index < -0.39 is 0 Å². The van der Waals surface area contributed by atoms with Gasteiger partial charge in [0.05, 0.1) is 10.0 Å². The van der Waals surface area contributed by atoms with Crippen LogP contribution in [0.1, 0.15) is 44.6 Å². The summed E-state index contributed by atoms with van der Waals surface area (Å²) in [5.41, 5.74) is 1.14. The van der Waals surface area contributed by atoms with Crippen molar-refractivity contribution in [2.45, 2.75) is 51.1 Å². The van der Waals surface area contributed by atoms with E-state index in [1.165, 1.54) is 0 Å². The molecule has 0 bridgehead atoms. The summed E-state index contributed by atoms with van der Waals surface area (Å²) < 4.78 is 0. The Bertz CT molecular complexity index is 535. The van der Waals surface area contributed by atoms with Crippen molar-refractivity contribution in [1.29, 1.82) is 0 Å². The van der Waals surface area contributed by atoms with Crippen molar-refractivity contribution in [1.82, 2.24) is 4.90 Å². The Morgan fingerprint density at radius 1 is 1.15 bits per heavy atom. The molecule has 0 unspecified atom stereocenters. The minimum Gasteiger partial charge on any atom is -0.337 e. The maximum atomic E-state index is 12.6. The standard InChI is InChI=1S/C16H19Cl2NO/c1-9-3-4-10(2)19(9)16(20)13-8-12(13)11-5-6-14(17)15(18)7-11/h5-7,9-10,12-13H,3-4,8H2,1-2H3/t9-,10+,12-,13-/m0/s1. The summed E-state index contributed by atoms with van der Waals surface area (Å²) in [5.74, 6) is 0.770. The van der Waals surface area contributed by atoms with E-state index in [0.29, 0.717) is 34.0 Å². The van der Waals surface area contributed by atoms with Crippen molar-refractivity contribution in [3.63, 3.8) is 0 Å². The zero-order chi connectivity index (χ0) is 14.4. The summed E-state index contributed by atoms with van der Waals surface area (Å²) in [6, 6.07) is 6.47. The van der Waals surface area contributed by atoms with Crippen LogP contribution >= 0.6 is 23.2 Å². The van der Waals surface area contributed by atoms with Gasteiger partial charge in [0.1, 0.15) is 0 Å². The number of carbonyl (C=O) groups excluding carboxylic acids is 1. The van der Waals surface area contributed by atoms with Gasteiger partial charge in [-0.05, 0) is 56.7 Å². The molecule has 1 heterocycles. The third-order valence-electron chi connectivity index (χ3n) is 4.69. The van der Waals surface area contributed by atoms with Gasteiger partial charge in [-0.25, -0.2) is 0 Å². The van der Waals surface area contributed by atoms with Crippen molar-refractivity contribution >= 4 is 29.1 Å². The molecule has 1 aromatic rings. The molecule has 20 heavy (non-hydrogen) atoms. The molecule has 108 valence electrons. The zero-order valence-electron chi connectivity index (χ0n) is 11.8. The van der Waals surface area contributed by atoms with Gasteiger partial charge >= 0.3 is 0 Å². The smallest absolute Gasteiger partial charge is 0.226 e. The first-order chi connectivity index (χ1) is 9.49. The van der Waals surface area contributed by atoms with Crippen LogP contribution in [0.25, 0.3) is 0 Å². The highest BCUT2D eigenvalue weighted by molar-refractivity contribution is 6.42. The average Bonchev–Trinajstić information content (AvgIpc) is 3.13. The first kappa shape index (κ1) is 14.2. The fourth-order valence-electron chi connectivity index (χ4n) is 3.40. The highest BCUT2D eigenvalue weighted by Crippen LogP contribution is 2.50. The fraction of sp³-hybridized carbons (Fsp3) is 0.562. The minimum absolute atomic E-state index is 0.134. The topological polar surface area (TPSA) is 20.3 Å². The number of nitrogens with zero attached hydrogens (tertiary/aromatic N) is 1. The van der Waals surface area contributed by atoms with Crippen LogP contribution in [0.3, 0.4) is 0 Å². The molecule has 4 heteroatoms. The first-order valence-electron chi connectivity index (χ1n) is 7.26. The molecule has 1 saturated carbocycles. The maximum absolute atomic E-state index is 12.6. The highest BCUT2D eigenvalue weighted by Gasteiger charge is 2.48. The summed E-state index contributed by atoms with van der Waals surface area (Å²) in [6.45, 7) is 4.30. The van der Waals surface area contributed by atoms with Gasteiger partial charge in [-0.3, -0.25) is 4.79 Å². The summed E-state index contributed by atoms with van der Waals surface area (Å²) in [7, 11) is 0. The van der Waals surface area contributed by atoms with Crippen LogP contribution in [0.15, 0.2) is 18.2 Å². The van der Waals surface area contributed by atoms with Gasteiger partial charge in [-0.1, -0.05) is 29.3 Å². The molecule has 1 aliphatic carbocycles. The average molecular weight is 312 g/mol. The van der Waals surface area contributed by atoms with Crippen molar-refractivity contribution in [2.24, 2.45) is 5.92 Å². The number of rotatable bonds is 2. The van der Waals surface area contributed by atoms with E-state index in [0.717, 1.165) is 24.8 Å². The molecule has 2 aliphatic rings. The highest BCUT2D eigenvalue weighted by atomic mass is 35.5. The third kappa shape index (κ3) is 2.44. The lowest BCUT2D eigenvalue weighted by Gasteiger charge is -2.26. The quantitative estimate of drug-likeness (QED) is 0.787. The minimum atomic E-state index is 0.134. The second-order valence-corrected chi connectivity index (χ2v) is 6.96. The molecular weight excluding hydrogens is 293 g/mol. The molecule has 1 aromatic carbocycles. The Labute approximate surface area is 130 Å². The Morgan fingerprint density at radius 3 is 2.40 bits per heavy atom. The van der Waals surface area contributed by atoms with E-state index in [1.54, 1.807) is 0 Å². The van der Waals surface area contributed by atoms with Crippen LogP contribution in [-0.2, 0) is 4.79 Å². The van der Waals surface area contributed by atoms with Gasteiger partial charge in [0.2, 0.25) is 5.91 Å². The van der Waals surface area contributed by atoms with Gasteiger partial charge < -0.3 is 4.90 Å². The Balaban J connectivity index is 1.72. The number of halogens is 2. The van der Waals surface area contributed by atoms with Crippen molar-refractivity contribution in [3.05, 3.63) is 33.8 Å². The van der Waals surface area contributed by atoms with Crippen molar-refractivity contribution in [2.75, 3.05) is 0 Å². The van der Waals surface area contributed by atoms with Gasteiger partial charge in [0, 0.05) is 18.0 Å². The van der Waals surface area contributed by atoms with Gasteiger partial charge in [-0.2, -0.15) is 0 Å². The number of likely N-dealkylation sites (tertiary alicyclic amines) is 1. The molecule has 2 fully saturated rings. The van der Waals surface area contributed by atoms with E-state index in [2.05, 4.69) is 18.7 Å². The van der Waals surface area contributed by atoms with E-state index in [-0.39, 0.29) is 5.92 Å². The predicted octanol–water partition coefficient (Wildman–Crippen LogP) is 4.50. The van der Waals surface area contributed by atoms with E-state index in [4.69, 9.17) is 23.2 Å². The van der Waals surface area contributed by atoms with E-state index >= 15 is 0 Å². The third-order valence-corrected chi connectivity index (χ3v) is 5.42. The van der Waals surface area contributed by atoms with Crippen LogP contribution in [0.2, 0.25) is 10.0 Å². The lowest BCUT2D eigenvalue weighted by Crippen LogP contribution is -2.39. The van der Waals surface area contributed by atoms with Crippen LogP contribution in [0, 0.1) is 5.92 Å². The molecule has 0 aromatic heterocycles. The van der Waals surface area contributed by atoms with Gasteiger partial charge in [0.25, 0.3) is 0 Å². The van der Waals surface area contributed by atoms with Crippen LogP contribution in [-0.4, -0.2) is 22.9 Å². The lowest BCUT2D eigenvalue weighted by atomic mass is 10.1. The number of hydrogen-bond donors (Lipinski definition) is 0. The zero-order valence-corrected chi connectivity index (χ0v) is 13.3. The molecule has 2 nitrogen and oxygen atoms in total. The number of benzene rings is 1. The number of carbonyl (C=O) groups is 1. The molecule has 0 radical (unpaired) electrons. The molecule has 0 N–H and O–H groups in total. The number of hydrogen-bond acceptors (Lipinski definition) is 1. The Kier molecular flexibility index (Phi) is 3.72. The first-order valence-corrected chi connectivity index (χ1v) is 8.01. The Morgan fingerprint density at radius 2 is 1.80 bits per heavy atom. The fourth-order valence-corrected chi connectivity index (χ4v) is 3.71. The largest absolute Gasteiger partial charge is 0.337 e. The maximum Gasteiger partial charge on any atom is 0.226 e. The molecule has 4 atom stereocenters. The second kappa shape index (κ2) is 5.23. The summed E-state index contributed by atoms with van der Waals surface area (Å²) >= 11 is 12.0. The van der Waals surface area contributed by atoms with Crippen LogP contribution < -0.4 is 0 Å². The van der Waals surface area contributed by atoms with Crippen molar-refractivity contribution in [3.8, 4) is 0 Å². The normalized spacial score (nSPS) is 32.5. The molecule has 1 aliphatic heterocycles. The number of amides is 1. The molecule has 3 rings (SSSR count). The van der Waals surface area contributed by atoms with Crippen LogP contribution in [0.4, 0.5) is 0 Å². The van der Waals surface area contributed by atoms with Gasteiger partial charge in [-0.15, -0.1) is 0 Å². The molecular formula is C16H19Cl2NO. The van der Waals surface area contributed by atoms with E-state index in [1.807, 2.05) is 18.2 Å². The molecule has 1 saturated heterocycles. The van der Waals surface area contributed by atoms with Crippen molar-refractivity contribution < 1.29 is 4.79 Å². The summed E-state index contributed by atoms with van der Waals surface area (Å²) in [5, 5.41) is 1.14. The molecule has 0 spiro atoms. The van der Waals surface area contributed by atoms with Crippen LogP contribution in [0.5, 0.6) is 0 Å².